The molecule has 1 unspecified atom stereocenters. The SMILES string of the molecule is CCN(c1cc(Cl)cc(C(=O)NCC2C(=O)N=C(C)C=C2C)c1C)C1CC(C)(C)OC(C)(C)C1. The molecule has 1 fully saturated rings. The average Bonchev–Trinajstić information content (AvgIpc) is 2.67. The number of nitrogens with zero attached hydrogens (tertiary/aromatic N) is 2. The molecule has 0 aliphatic carbocycles. The summed E-state index contributed by atoms with van der Waals surface area (Å²) in [5.41, 5.74) is 3.47. The highest BCUT2D eigenvalue weighted by atomic mass is 35.5. The number of carbonyl (C=O) groups excluding carboxylic acids is 2. The normalized spacial score (nSPS) is 22.1. The van der Waals surface area contributed by atoms with Crippen LogP contribution >= 0.6 is 11.6 Å². The van der Waals surface area contributed by atoms with E-state index in [1.54, 1.807) is 13.0 Å². The molecule has 6 nitrogen and oxygen atoms in total. The lowest BCUT2D eigenvalue weighted by atomic mass is 9.84. The van der Waals surface area contributed by atoms with E-state index < -0.39 is 5.92 Å². The molecule has 2 heterocycles. The average molecular weight is 488 g/mol. The minimum atomic E-state index is -0.439. The fraction of sp³-hybridized carbons (Fsp3) is 0.593. The number of hydrogen-bond donors (Lipinski definition) is 1. The molecule has 0 saturated carbocycles. The molecule has 34 heavy (non-hydrogen) atoms. The maximum absolute atomic E-state index is 13.2. The molecule has 7 heteroatoms. The van der Waals surface area contributed by atoms with Gasteiger partial charge in [0.15, 0.2) is 0 Å². The van der Waals surface area contributed by atoms with Gasteiger partial charge in [-0.3, -0.25) is 9.59 Å². The highest BCUT2D eigenvalue weighted by molar-refractivity contribution is 6.31. The maximum atomic E-state index is 13.2. The van der Waals surface area contributed by atoms with Crippen LogP contribution < -0.4 is 10.2 Å². The second kappa shape index (κ2) is 9.82. The lowest BCUT2D eigenvalue weighted by molar-refractivity contribution is -0.161. The molecule has 0 aromatic heterocycles. The second-order valence-electron chi connectivity index (χ2n) is 10.8. The van der Waals surface area contributed by atoms with Gasteiger partial charge in [-0.05, 0) is 92.0 Å². The number of ether oxygens (including phenoxy) is 1. The Balaban J connectivity index is 1.85. The van der Waals surface area contributed by atoms with Crippen molar-refractivity contribution in [2.45, 2.75) is 85.5 Å². The Kier molecular flexibility index (Phi) is 7.63. The van der Waals surface area contributed by atoms with E-state index in [-0.39, 0.29) is 35.6 Å². The number of anilines is 1. The first-order valence-corrected chi connectivity index (χ1v) is 12.4. The van der Waals surface area contributed by atoms with Crippen LogP contribution in [0.4, 0.5) is 5.69 Å². The van der Waals surface area contributed by atoms with Crippen molar-refractivity contribution in [3.8, 4) is 0 Å². The molecule has 2 aliphatic heterocycles. The number of nitrogens with one attached hydrogen (secondary N) is 1. The topological polar surface area (TPSA) is 71.0 Å². The van der Waals surface area contributed by atoms with Crippen LogP contribution in [0.25, 0.3) is 0 Å². The Morgan fingerprint density at radius 2 is 1.79 bits per heavy atom. The minimum absolute atomic E-state index is 0.206. The van der Waals surface area contributed by atoms with E-state index in [0.29, 0.717) is 16.3 Å². The van der Waals surface area contributed by atoms with Crippen molar-refractivity contribution in [2.24, 2.45) is 10.9 Å². The lowest BCUT2D eigenvalue weighted by Gasteiger charge is -2.49. The lowest BCUT2D eigenvalue weighted by Crippen LogP contribution is -2.53. The summed E-state index contributed by atoms with van der Waals surface area (Å²) in [5, 5.41) is 3.45. The number of benzene rings is 1. The minimum Gasteiger partial charge on any atom is -0.370 e. The fourth-order valence-corrected chi connectivity index (χ4v) is 5.74. The third-order valence-corrected chi connectivity index (χ3v) is 6.94. The quantitative estimate of drug-likeness (QED) is 0.574. The monoisotopic (exact) mass is 487 g/mol. The van der Waals surface area contributed by atoms with Crippen molar-refractivity contribution < 1.29 is 14.3 Å². The van der Waals surface area contributed by atoms with Crippen LogP contribution in [0.5, 0.6) is 0 Å². The van der Waals surface area contributed by atoms with Crippen molar-refractivity contribution >= 4 is 34.8 Å². The predicted octanol–water partition coefficient (Wildman–Crippen LogP) is 5.50. The van der Waals surface area contributed by atoms with Crippen molar-refractivity contribution in [3.05, 3.63) is 39.9 Å². The number of hydrogen-bond acceptors (Lipinski definition) is 4. The zero-order valence-electron chi connectivity index (χ0n) is 21.7. The summed E-state index contributed by atoms with van der Waals surface area (Å²) in [6, 6.07) is 3.90. The number of rotatable bonds is 6. The third kappa shape index (κ3) is 5.89. The Labute approximate surface area is 208 Å². The number of halogens is 1. The van der Waals surface area contributed by atoms with Gasteiger partial charge >= 0.3 is 0 Å². The first kappa shape index (κ1) is 26.4. The van der Waals surface area contributed by atoms with Crippen molar-refractivity contribution in [2.75, 3.05) is 18.0 Å². The first-order chi connectivity index (χ1) is 15.7. The van der Waals surface area contributed by atoms with Gasteiger partial charge in [-0.2, -0.15) is 0 Å². The molecule has 2 aliphatic rings. The second-order valence-corrected chi connectivity index (χ2v) is 11.2. The van der Waals surface area contributed by atoms with E-state index in [1.165, 1.54) is 0 Å². The van der Waals surface area contributed by atoms with E-state index >= 15 is 0 Å². The molecule has 0 spiro atoms. The van der Waals surface area contributed by atoms with Crippen LogP contribution in [0, 0.1) is 12.8 Å². The molecule has 1 atom stereocenters. The number of dihydropyridines is 1. The van der Waals surface area contributed by atoms with Gasteiger partial charge in [-0.15, -0.1) is 0 Å². The fourth-order valence-electron chi connectivity index (χ4n) is 5.53. The molecule has 1 aromatic carbocycles. The summed E-state index contributed by atoms with van der Waals surface area (Å²) in [5.74, 6) is -0.898. The molecule has 3 rings (SSSR count). The summed E-state index contributed by atoms with van der Waals surface area (Å²) in [4.78, 5) is 31.9. The molecule has 1 aromatic rings. The van der Waals surface area contributed by atoms with Crippen molar-refractivity contribution in [3.63, 3.8) is 0 Å². The van der Waals surface area contributed by atoms with Gasteiger partial charge in [0.2, 0.25) is 0 Å². The Morgan fingerprint density at radius 1 is 1.18 bits per heavy atom. The summed E-state index contributed by atoms with van der Waals surface area (Å²) in [6.45, 7) is 17.3. The van der Waals surface area contributed by atoms with E-state index in [1.807, 2.05) is 26.0 Å². The van der Waals surface area contributed by atoms with E-state index in [2.05, 4.69) is 49.8 Å². The van der Waals surface area contributed by atoms with E-state index in [9.17, 15) is 9.59 Å². The van der Waals surface area contributed by atoms with Gasteiger partial charge < -0.3 is 15.0 Å². The van der Waals surface area contributed by atoms with E-state index in [0.717, 1.165) is 36.2 Å². The zero-order chi connectivity index (χ0) is 25.4. The highest BCUT2D eigenvalue weighted by Gasteiger charge is 2.41. The van der Waals surface area contributed by atoms with Crippen LogP contribution in [0.1, 0.15) is 77.2 Å². The summed E-state index contributed by atoms with van der Waals surface area (Å²) >= 11 is 6.52. The molecule has 2 amide bonds. The van der Waals surface area contributed by atoms with Crippen LogP contribution in [-0.4, -0.2) is 47.9 Å². The molecule has 1 N–H and O–H groups in total. The summed E-state index contributed by atoms with van der Waals surface area (Å²) in [6.07, 6.45) is 3.65. The Bertz CT molecular complexity index is 1030. The highest BCUT2D eigenvalue weighted by Crippen LogP contribution is 2.40. The number of allylic oxidation sites excluding steroid dienone is 1. The predicted molar refractivity (Wildman–Crippen MR) is 139 cm³/mol. The Hall–Kier alpha value is -2.18. The number of aliphatic imine (C=N–C) groups is 1. The molecule has 1 saturated heterocycles. The standard InChI is InChI=1S/C27H38ClN3O3/c1-9-31(20-13-26(5,6)34-27(7,8)14-20)23-12-19(28)11-21(18(23)4)24(32)29-15-22-16(2)10-17(3)30-25(22)33/h10-12,20,22H,9,13-15H2,1-8H3,(H,29,32). The van der Waals surface area contributed by atoms with Gasteiger partial charge in [-0.1, -0.05) is 17.2 Å². The molecular weight excluding hydrogens is 450 g/mol. The van der Waals surface area contributed by atoms with Gasteiger partial charge in [0.1, 0.15) is 0 Å². The van der Waals surface area contributed by atoms with Gasteiger partial charge in [0.25, 0.3) is 11.8 Å². The Morgan fingerprint density at radius 3 is 2.35 bits per heavy atom. The van der Waals surface area contributed by atoms with Crippen molar-refractivity contribution in [1.82, 2.24) is 5.32 Å². The van der Waals surface area contributed by atoms with Gasteiger partial charge in [0, 0.05) is 41.1 Å². The van der Waals surface area contributed by atoms with Crippen LogP contribution in [0.3, 0.4) is 0 Å². The van der Waals surface area contributed by atoms with Crippen LogP contribution in [0.15, 0.2) is 28.8 Å². The number of amides is 2. The molecule has 0 radical (unpaired) electrons. The van der Waals surface area contributed by atoms with Crippen molar-refractivity contribution in [1.29, 1.82) is 0 Å². The van der Waals surface area contributed by atoms with E-state index in [4.69, 9.17) is 16.3 Å². The molecule has 0 bridgehead atoms. The molecule has 186 valence electrons. The zero-order valence-corrected chi connectivity index (χ0v) is 22.5. The number of carbonyl (C=O) groups is 2. The van der Waals surface area contributed by atoms with Crippen LogP contribution in [-0.2, 0) is 9.53 Å². The summed E-state index contributed by atoms with van der Waals surface area (Å²) in [7, 11) is 0. The first-order valence-electron chi connectivity index (χ1n) is 12.1. The van der Waals surface area contributed by atoms with Gasteiger partial charge in [0.05, 0.1) is 17.1 Å². The van der Waals surface area contributed by atoms with Crippen LogP contribution in [0.2, 0.25) is 5.02 Å². The molecular formula is C27H38ClN3O3. The summed E-state index contributed by atoms with van der Waals surface area (Å²) < 4.78 is 6.29. The third-order valence-electron chi connectivity index (χ3n) is 6.73. The maximum Gasteiger partial charge on any atom is 0.254 e. The van der Waals surface area contributed by atoms with Gasteiger partial charge in [-0.25, -0.2) is 4.99 Å². The largest absolute Gasteiger partial charge is 0.370 e. The smallest absolute Gasteiger partial charge is 0.254 e.